The standard InChI is InChI=1S/C16H20ClNO3/c1-11(15(19)20)18-9-7-16(8-10-18)6-5-12-3-2-4-13(17)14(12)21-16/h2-4,11H,5-10H2,1H3,(H,19,20). The van der Waals surface area contributed by atoms with E-state index < -0.39 is 12.0 Å². The number of carbonyl (C=O) groups is 1. The van der Waals surface area contributed by atoms with Crippen LogP contribution in [0.25, 0.3) is 0 Å². The maximum Gasteiger partial charge on any atom is 0.320 e. The summed E-state index contributed by atoms with van der Waals surface area (Å²) in [5, 5.41) is 9.79. The minimum atomic E-state index is -0.760. The molecule has 1 unspecified atom stereocenters. The number of nitrogens with zero attached hydrogens (tertiary/aromatic N) is 1. The summed E-state index contributed by atoms with van der Waals surface area (Å²) in [6.45, 7) is 3.26. The second kappa shape index (κ2) is 5.50. The molecule has 0 aromatic heterocycles. The molecule has 0 aliphatic carbocycles. The molecule has 1 spiro atoms. The predicted molar refractivity (Wildman–Crippen MR) is 81.0 cm³/mol. The molecule has 5 heteroatoms. The third kappa shape index (κ3) is 2.74. The monoisotopic (exact) mass is 309 g/mol. The first-order chi connectivity index (χ1) is 10.0. The van der Waals surface area contributed by atoms with Crippen molar-refractivity contribution in [1.82, 2.24) is 4.90 Å². The van der Waals surface area contributed by atoms with Crippen molar-refractivity contribution in [3.05, 3.63) is 28.8 Å². The van der Waals surface area contributed by atoms with E-state index in [0.717, 1.165) is 44.5 Å². The quantitative estimate of drug-likeness (QED) is 0.912. The second-order valence-electron chi connectivity index (χ2n) is 6.06. The molecule has 0 radical (unpaired) electrons. The van der Waals surface area contributed by atoms with E-state index in [1.165, 1.54) is 5.56 Å². The van der Waals surface area contributed by atoms with Crippen LogP contribution < -0.4 is 4.74 Å². The number of rotatable bonds is 2. The number of halogens is 1. The lowest BCUT2D eigenvalue weighted by molar-refractivity contribution is -0.144. The van der Waals surface area contributed by atoms with E-state index in [0.29, 0.717) is 5.02 Å². The molecule has 2 aliphatic rings. The van der Waals surface area contributed by atoms with Crippen molar-refractivity contribution in [2.75, 3.05) is 13.1 Å². The molecule has 1 fully saturated rings. The van der Waals surface area contributed by atoms with Gasteiger partial charge in [0.2, 0.25) is 0 Å². The first kappa shape index (κ1) is 14.7. The zero-order valence-corrected chi connectivity index (χ0v) is 12.9. The number of ether oxygens (including phenoxy) is 1. The lowest BCUT2D eigenvalue weighted by atomic mass is 9.83. The number of piperidine rings is 1. The molecule has 1 N–H and O–H groups in total. The number of fused-ring (bicyclic) bond motifs is 1. The van der Waals surface area contributed by atoms with Crippen LogP contribution in [0.1, 0.15) is 31.7 Å². The molecule has 0 amide bonds. The minimum absolute atomic E-state index is 0.174. The molecule has 1 aromatic rings. The first-order valence-electron chi connectivity index (χ1n) is 7.44. The van der Waals surface area contributed by atoms with E-state index in [9.17, 15) is 4.79 Å². The van der Waals surface area contributed by atoms with Crippen molar-refractivity contribution in [3.63, 3.8) is 0 Å². The molecule has 4 nitrogen and oxygen atoms in total. The molecule has 1 saturated heterocycles. The van der Waals surface area contributed by atoms with Gasteiger partial charge in [-0.1, -0.05) is 23.7 Å². The molecule has 114 valence electrons. The number of para-hydroxylation sites is 1. The summed E-state index contributed by atoms with van der Waals surface area (Å²) < 4.78 is 6.27. The third-order valence-electron chi connectivity index (χ3n) is 4.83. The molecule has 21 heavy (non-hydrogen) atoms. The van der Waals surface area contributed by atoms with Gasteiger partial charge in [0.15, 0.2) is 0 Å². The van der Waals surface area contributed by atoms with Gasteiger partial charge in [-0.15, -0.1) is 0 Å². The smallest absolute Gasteiger partial charge is 0.320 e. The van der Waals surface area contributed by atoms with Crippen LogP contribution in [0, 0.1) is 0 Å². The molecular weight excluding hydrogens is 290 g/mol. The number of carboxylic acid groups (broad SMARTS) is 1. The third-order valence-corrected chi connectivity index (χ3v) is 5.13. The number of likely N-dealkylation sites (tertiary alicyclic amines) is 1. The topological polar surface area (TPSA) is 49.8 Å². The van der Waals surface area contributed by atoms with Gasteiger partial charge in [0, 0.05) is 13.1 Å². The van der Waals surface area contributed by atoms with Crippen LogP contribution in [0.4, 0.5) is 0 Å². The Bertz CT molecular complexity index is 552. The van der Waals surface area contributed by atoms with Crippen molar-refractivity contribution >= 4 is 17.6 Å². The summed E-state index contributed by atoms with van der Waals surface area (Å²) in [4.78, 5) is 13.1. The van der Waals surface area contributed by atoms with Gasteiger partial charge >= 0.3 is 5.97 Å². The number of aryl methyl sites for hydroxylation is 1. The molecule has 1 atom stereocenters. The van der Waals surface area contributed by atoms with Crippen molar-refractivity contribution in [3.8, 4) is 5.75 Å². The van der Waals surface area contributed by atoms with Gasteiger partial charge in [-0.3, -0.25) is 9.69 Å². The van der Waals surface area contributed by atoms with Gasteiger partial charge in [0.1, 0.15) is 17.4 Å². The average molecular weight is 310 g/mol. The first-order valence-corrected chi connectivity index (χ1v) is 7.82. The van der Waals surface area contributed by atoms with Crippen molar-refractivity contribution in [2.24, 2.45) is 0 Å². The van der Waals surface area contributed by atoms with E-state index in [-0.39, 0.29) is 5.60 Å². The predicted octanol–water partition coefficient (Wildman–Crippen LogP) is 2.97. The van der Waals surface area contributed by atoms with Crippen LogP contribution in [-0.2, 0) is 11.2 Å². The van der Waals surface area contributed by atoms with Gasteiger partial charge in [0.25, 0.3) is 0 Å². The zero-order valence-electron chi connectivity index (χ0n) is 12.1. The Labute approximate surface area is 129 Å². The summed E-state index contributed by atoms with van der Waals surface area (Å²) in [5.74, 6) is 0.0639. The zero-order chi connectivity index (χ0) is 15.0. The van der Waals surface area contributed by atoms with Gasteiger partial charge in [-0.25, -0.2) is 0 Å². The summed E-state index contributed by atoms with van der Waals surface area (Å²) in [5.41, 5.74) is 1.00. The Balaban J connectivity index is 1.72. The fourth-order valence-corrected chi connectivity index (χ4v) is 3.55. The normalized spacial score (nSPS) is 22.4. The van der Waals surface area contributed by atoms with Gasteiger partial charge in [0.05, 0.1) is 5.02 Å². The number of carboxylic acids is 1. The SMILES string of the molecule is CC(C(=O)O)N1CCC2(CCc3cccc(Cl)c3O2)CC1. The van der Waals surface area contributed by atoms with E-state index in [4.69, 9.17) is 21.4 Å². The maximum absolute atomic E-state index is 11.1. The van der Waals surface area contributed by atoms with Crippen molar-refractivity contribution in [2.45, 2.75) is 44.2 Å². The van der Waals surface area contributed by atoms with Crippen molar-refractivity contribution < 1.29 is 14.6 Å². The fraction of sp³-hybridized carbons (Fsp3) is 0.562. The number of hydrogen-bond acceptors (Lipinski definition) is 3. The van der Waals surface area contributed by atoms with Crippen LogP contribution in [0.5, 0.6) is 5.75 Å². The fourth-order valence-electron chi connectivity index (χ4n) is 3.32. The van der Waals surface area contributed by atoms with Gasteiger partial charge in [-0.2, -0.15) is 0 Å². The van der Waals surface area contributed by atoms with E-state index >= 15 is 0 Å². The molecule has 0 saturated carbocycles. The Kier molecular flexibility index (Phi) is 3.84. The molecule has 0 bridgehead atoms. The summed E-state index contributed by atoms with van der Waals surface area (Å²) in [7, 11) is 0. The molecule has 2 heterocycles. The highest BCUT2D eigenvalue weighted by Crippen LogP contribution is 2.42. The number of hydrogen-bond donors (Lipinski definition) is 1. The molecule has 1 aromatic carbocycles. The highest BCUT2D eigenvalue weighted by molar-refractivity contribution is 6.32. The van der Waals surface area contributed by atoms with E-state index in [1.54, 1.807) is 6.92 Å². The minimum Gasteiger partial charge on any atom is -0.485 e. The largest absolute Gasteiger partial charge is 0.485 e. The molecule has 3 rings (SSSR count). The van der Waals surface area contributed by atoms with Crippen molar-refractivity contribution in [1.29, 1.82) is 0 Å². The Hall–Kier alpha value is -1.26. The summed E-state index contributed by atoms with van der Waals surface area (Å²) >= 11 is 6.25. The van der Waals surface area contributed by atoms with E-state index in [1.807, 2.05) is 17.0 Å². The van der Waals surface area contributed by atoms with Crippen LogP contribution in [0.15, 0.2) is 18.2 Å². The number of aliphatic carboxylic acids is 1. The van der Waals surface area contributed by atoms with E-state index in [2.05, 4.69) is 6.07 Å². The maximum atomic E-state index is 11.1. The summed E-state index contributed by atoms with van der Waals surface area (Å²) in [6, 6.07) is 5.46. The molecular formula is C16H20ClNO3. The Morgan fingerprint density at radius 3 is 2.76 bits per heavy atom. The van der Waals surface area contributed by atoms with Crippen LogP contribution in [-0.4, -0.2) is 40.7 Å². The molecule has 2 aliphatic heterocycles. The number of benzene rings is 1. The van der Waals surface area contributed by atoms with Crippen LogP contribution in [0.3, 0.4) is 0 Å². The van der Waals surface area contributed by atoms with Gasteiger partial charge in [-0.05, 0) is 44.2 Å². The van der Waals surface area contributed by atoms with Crippen LogP contribution >= 0.6 is 11.6 Å². The van der Waals surface area contributed by atoms with Crippen LogP contribution in [0.2, 0.25) is 5.02 Å². The Morgan fingerprint density at radius 2 is 2.10 bits per heavy atom. The Morgan fingerprint density at radius 1 is 1.38 bits per heavy atom. The lowest BCUT2D eigenvalue weighted by Crippen LogP contribution is -2.53. The average Bonchev–Trinajstić information content (AvgIpc) is 2.48. The summed E-state index contributed by atoms with van der Waals surface area (Å²) in [6.07, 6.45) is 3.67. The highest BCUT2D eigenvalue weighted by atomic mass is 35.5. The second-order valence-corrected chi connectivity index (χ2v) is 6.47. The van der Waals surface area contributed by atoms with Gasteiger partial charge < -0.3 is 9.84 Å². The lowest BCUT2D eigenvalue weighted by Gasteiger charge is -2.45. The highest BCUT2D eigenvalue weighted by Gasteiger charge is 2.41.